The number of carbonyl (C=O) groups is 1. The van der Waals surface area contributed by atoms with E-state index in [-0.39, 0.29) is 12.5 Å². The normalized spacial score (nSPS) is 13.7. The summed E-state index contributed by atoms with van der Waals surface area (Å²) in [5.74, 6) is 0.933. The molecule has 0 spiro atoms. The Morgan fingerprint density at radius 1 is 1.37 bits per heavy atom. The number of nitrogens with zero attached hydrogens (tertiary/aromatic N) is 4. The molecule has 8 heteroatoms. The zero-order valence-corrected chi connectivity index (χ0v) is 15.7. The summed E-state index contributed by atoms with van der Waals surface area (Å²) < 4.78 is 5.52. The molecule has 4 heterocycles. The maximum atomic E-state index is 11.9. The van der Waals surface area contributed by atoms with Crippen LogP contribution in [0.4, 0.5) is 0 Å². The highest BCUT2D eigenvalue weighted by atomic mass is 16.5. The highest BCUT2D eigenvalue weighted by molar-refractivity contribution is 5.78. The third kappa shape index (κ3) is 3.02. The standard InChI is InChI=1S/C19H22N6O2/c1-10-6-11(2)22-17(10)19-23-18(24-27-19)16-12(3)21-8-13-9-25(15(26)7-20)5-4-14(13)16/h6,8,22H,4-5,7,9,20H2,1-3H3. The number of rotatable bonds is 3. The van der Waals surface area contributed by atoms with Gasteiger partial charge in [0.15, 0.2) is 0 Å². The van der Waals surface area contributed by atoms with Crippen LogP contribution in [0, 0.1) is 20.8 Å². The predicted octanol–water partition coefficient (Wildman–Crippen LogP) is 1.90. The summed E-state index contributed by atoms with van der Waals surface area (Å²) in [5.41, 5.74) is 12.3. The van der Waals surface area contributed by atoms with Gasteiger partial charge in [0.25, 0.3) is 5.89 Å². The Morgan fingerprint density at radius 2 is 2.19 bits per heavy atom. The highest BCUT2D eigenvalue weighted by Crippen LogP contribution is 2.32. The fourth-order valence-corrected chi connectivity index (χ4v) is 3.67. The number of carbonyl (C=O) groups excluding carboxylic acids is 1. The number of pyridine rings is 1. The average molecular weight is 366 g/mol. The van der Waals surface area contributed by atoms with Gasteiger partial charge in [-0.05, 0) is 49.9 Å². The first kappa shape index (κ1) is 17.4. The van der Waals surface area contributed by atoms with E-state index in [0.717, 1.165) is 39.3 Å². The van der Waals surface area contributed by atoms with Gasteiger partial charge >= 0.3 is 0 Å². The lowest BCUT2D eigenvalue weighted by atomic mass is 9.94. The number of nitrogens with one attached hydrogen (secondary N) is 1. The van der Waals surface area contributed by atoms with Crippen LogP contribution in [0.15, 0.2) is 16.8 Å². The summed E-state index contributed by atoms with van der Waals surface area (Å²) in [5, 5.41) is 4.21. The van der Waals surface area contributed by atoms with Crippen molar-refractivity contribution in [3.8, 4) is 23.0 Å². The molecule has 1 aliphatic rings. The fraction of sp³-hybridized carbons (Fsp3) is 0.368. The molecule has 0 saturated heterocycles. The van der Waals surface area contributed by atoms with Gasteiger partial charge in [-0.3, -0.25) is 9.78 Å². The molecule has 3 aromatic rings. The molecular formula is C19H22N6O2. The molecule has 3 aromatic heterocycles. The summed E-state index contributed by atoms with van der Waals surface area (Å²) in [4.78, 5) is 26.1. The molecule has 140 valence electrons. The van der Waals surface area contributed by atoms with E-state index in [1.165, 1.54) is 0 Å². The van der Waals surface area contributed by atoms with Gasteiger partial charge in [-0.1, -0.05) is 5.16 Å². The Balaban J connectivity index is 1.73. The highest BCUT2D eigenvalue weighted by Gasteiger charge is 2.26. The number of amides is 1. The number of H-pyrrole nitrogens is 1. The van der Waals surface area contributed by atoms with E-state index in [1.807, 2.05) is 33.0 Å². The lowest BCUT2D eigenvalue weighted by Gasteiger charge is -2.29. The summed E-state index contributed by atoms with van der Waals surface area (Å²) in [7, 11) is 0. The van der Waals surface area contributed by atoms with E-state index in [9.17, 15) is 4.79 Å². The van der Waals surface area contributed by atoms with E-state index < -0.39 is 0 Å². The van der Waals surface area contributed by atoms with Crippen molar-refractivity contribution in [2.75, 3.05) is 13.1 Å². The smallest absolute Gasteiger partial charge is 0.274 e. The molecule has 0 atom stereocenters. The number of aromatic nitrogens is 4. The van der Waals surface area contributed by atoms with Crippen molar-refractivity contribution in [2.45, 2.75) is 33.7 Å². The van der Waals surface area contributed by atoms with Crippen molar-refractivity contribution in [2.24, 2.45) is 5.73 Å². The lowest BCUT2D eigenvalue weighted by Crippen LogP contribution is -2.39. The third-order valence-electron chi connectivity index (χ3n) is 5.00. The van der Waals surface area contributed by atoms with Crippen molar-refractivity contribution >= 4 is 5.91 Å². The molecule has 27 heavy (non-hydrogen) atoms. The van der Waals surface area contributed by atoms with Gasteiger partial charge in [0.2, 0.25) is 11.7 Å². The first-order valence-electron chi connectivity index (χ1n) is 8.93. The number of fused-ring (bicyclic) bond motifs is 1. The number of hydrogen-bond acceptors (Lipinski definition) is 6. The third-order valence-corrected chi connectivity index (χ3v) is 5.00. The minimum atomic E-state index is -0.0535. The Hall–Kier alpha value is -3.00. The molecule has 0 aliphatic carbocycles. The topological polar surface area (TPSA) is 114 Å². The van der Waals surface area contributed by atoms with Crippen molar-refractivity contribution in [1.82, 2.24) is 25.0 Å². The fourth-order valence-electron chi connectivity index (χ4n) is 3.67. The van der Waals surface area contributed by atoms with Crippen molar-refractivity contribution in [3.63, 3.8) is 0 Å². The molecule has 0 radical (unpaired) electrons. The van der Waals surface area contributed by atoms with E-state index in [1.54, 1.807) is 4.90 Å². The molecule has 3 N–H and O–H groups in total. The van der Waals surface area contributed by atoms with Crippen molar-refractivity contribution < 1.29 is 9.32 Å². The lowest BCUT2D eigenvalue weighted by molar-refractivity contribution is -0.130. The summed E-state index contributed by atoms with van der Waals surface area (Å²) >= 11 is 0. The maximum Gasteiger partial charge on any atom is 0.274 e. The van der Waals surface area contributed by atoms with E-state index in [0.29, 0.717) is 31.2 Å². The second kappa shape index (κ2) is 6.62. The molecule has 0 unspecified atom stereocenters. The van der Waals surface area contributed by atoms with Crippen LogP contribution in [0.3, 0.4) is 0 Å². The van der Waals surface area contributed by atoms with Crippen LogP contribution in [-0.4, -0.2) is 44.0 Å². The average Bonchev–Trinajstić information content (AvgIpc) is 3.26. The van der Waals surface area contributed by atoms with Gasteiger partial charge in [-0.25, -0.2) is 0 Å². The van der Waals surface area contributed by atoms with Crippen LogP contribution < -0.4 is 5.73 Å². The Morgan fingerprint density at radius 3 is 2.89 bits per heavy atom. The van der Waals surface area contributed by atoms with Crippen LogP contribution in [0.5, 0.6) is 0 Å². The summed E-state index contributed by atoms with van der Waals surface area (Å²) in [6.45, 7) is 7.08. The SMILES string of the molecule is Cc1cc(C)c(-c2nc(-c3c(C)ncc4c3CCN(C(=O)CN)C4)no2)[nH]1. The van der Waals surface area contributed by atoms with Crippen LogP contribution >= 0.6 is 0 Å². The van der Waals surface area contributed by atoms with Gasteiger partial charge in [0.1, 0.15) is 5.69 Å². The Labute approximate surface area is 156 Å². The van der Waals surface area contributed by atoms with Gasteiger partial charge in [-0.2, -0.15) is 4.98 Å². The monoisotopic (exact) mass is 366 g/mol. The van der Waals surface area contributed by atoms with Gasteiger partial charge < -0.3 is 20.1 Å². The Bertz CT molecular complexity index is 1020. The van der Waals surface area contributed by atoms with Crippen LogP contribution in [0.1, 0.15) is 28.1 Å². The molecule has 1 amide bonds. The van der Waals surface area contributed by atoms with Crippen LogP contribution in [0.25, 0.3) is 23.0 Å². The van der Waals surface area contributed by atoms with Gasteiger partial charge in [-0.15, -0.1) is 0 Å². The molecule has 0 aromatic carbocycles. The van der Waals surface area contributed by atoms with Crippen molar-refractivity contribution in [3.05, 3.63) is 40.3 Å². The second-order valence-electron chi connectivity index (χ2n) is 6.93. The number of aryl methyl sites for hydroxylation is 3. The zero-order valence-electron chi connectivity index (χ0n) is 15.7. The Kier molecular flexibility index (Phi) is 4.27. The number of aromatic amines is 1. The minimum Gasteiger partial charge on any atom is -0.354 e. The molecule has 4 rings (SSSR count). The van der Waals surface area contributed by atoms with E-state index in [2.05, 4.69) is 20.1 Å². The number of hydrogen-bond donors (Lipinski definition) is 2. The zero-order chi connectivity index (χ0) is 19.1. The molecular weight excluding hydrogens is 344 g/mol. The molecule has 1 aliphatic heterocycles. The summed E-state index contributed by atoms with van der Waals surface area (Å²) in [6, 6.07) is 2.04. The minimum absolute atomic E-state index is 0.0184. The first-order chi connectivity index (χ1) is 13.0. The molecule has 0 bridgehead atoms. The quantitative estimate of drug-likeness (QED) is 0.732. The largest absolute Gasteiger partial charge is 0.354 e. The van der Waals surface area contributed by atoms with Crippen LogP contribution in [0.2, 0.25) is 0 Å². The molecule has 0 saturated carbocycles. The molecule has 0 fully saturated rings. The first-order valence-corrected chi connectivity index (χ1v) is 8.93. The van der Waals surface area contributed by atoms with Gasteiger partial charge in [0.05, 0.1) is 6.54 Å². The predicted molar refractivity (Wildman–Crippen MR) is 99.7 cm³/mol. The van der Waals surface area contributed by atoms with Crippen molar-refractivity contribution in [1.29, 1.82) is 0 Å². The van der Waals surface area contributed by atoms with Crippen LogP contribution in [-0.2, 0) is 17.8 Å². The van der Waals surface area contributed by atoms with E-state index in [4.69, 9.17) is 10.3 Å². The van der Waals surface area contributed by atoms with E-state index >= 15 is 0 Å². The second-order valence-corrected chi connectivity index (χ2v) is 6.93. The number of nitrogens with two attached hydrogens (primary N) is 1. The maximum absolute atomic E-state index is 11.9. The molecule has 8 nitrogen and oxygen atoms in total. The van der Waals surface area contributed by atoms with Gasteiger partial charge in [0, 0.05) is 36.2 Å². The summed E-state index contributed by atoms with van der Waals surface area (Å²) in [6.07, 6.45) is 2.54.